The maximum absolute atomic E-state index is 11.4. The normalized spacial score (nSPS) is 10.4. The molecule has 0 aliphatic heterocycles. The molecule has 0 N–H and O–H groups in total. The van der Waals surface area contributed by atoms with E-state index in [9.17, 15) is 4.79 Å². The van der Waals surface area contributed by atoms with Gasteiger partial charge in [-0.15, -0.1) is 6.42 Å². The second kappa shape index (κ2) is 9.17. The van der Waals surface area contributed by atoms with Crippen LogP contribution in [0.4, 0.5) is 0 Å². The molecule has 0 aromatic heterocycles. The van der Waals surface area contributed by atoms with Crippen LogP contribution >= 0.6 is 27.5 Å². The van der Waals surface area contributed by atoms with Crippen LogP contribution in [-0.2, 0) is 16.1 Å². The first-order valence-electron chi connectivity index (χ1n) is 7.04. The van der Waals surface area contributed by atoms with E-state index in [-0.39, 0.29) is 6.61 Å². The zero-order valence-corrected chi connectivity index (χ0v) is 15.0. The van der Waals surface area contributed by atoms with E-state index in [0.717, 1.165) is 11.1 Å². The highest BCUT2D eigenvalue weighted by molar-refractivity contribution is 9.10. The van der Waals surface area contributed by atoms with Gasteiger partial charge in [-0.3, -0.25) is 0 Å². The Morgan fingerprint density at radius 3 is 2.71 bits per heavy atom. The number of terminal acetylenes is 1. The second-order valence-corrected chi connectivity index (χ2v) is 5.99. The smallest absolute Gasteiger partial charge is 0.331 e. The highest BCUT2D eigenvalue weighted by Gasteiger charge is 2.09. The molecule has 5 heteroatoms. The van der Waals surface area contributed by atoms with Gasteiger partial charge in [-0.2, -0.15) is 0 Å². The number of hydrogen-bond acceptors (Lipinski definition) is 3. The molecule has 0 aliphatic carbocycles. The molecule has 122 valence electrons. The van der Waals surface area contributed by atoms with E-state index in [1.165, 1.54) is 6.08 Å². The fourth-order valence-electron chi connectivity index (χ4n) is 1.87. The summed E-state index contributed by atoms with van der Waals surface area (Å²) < 4.78 is 11.2. The lowest BCUT2D eigenvalue weighted by atomic mass is 10.2. The van der Waals surface area contributed by atoms with Crippen LogP contribution in [0.3, 0.4) is 0 Å². The Morgan fingerprint density at radius 1 is 1.29 bits per heavy atom. The van der Waals surface area contributed by atoms with Crippen molar-refractivity contribution in [3.8, 4) is 18.1 Å². The van der Waals surface area contributed by atoms with Gasteiger partial charge in [0, 0.05) is 6.08 Å². The molecule has 2 aromatic rings. The highest BCUT2D eigenvalue weighted by Crippen LogP contribution is 2.35. The molecule has 0 spiro atoms. The maximum atomic E-state index is 11.4. The Hall–Kier alpha value is -2.22. The van der Waals surface area contributed by atoms with Gasteiger partial charge in [0.25, 0.3) is 0 Å². The summed E-state index contributed by atoms with van der Waals surface area (Å²) in [5, 5.41) is 0.442. The Labute approximate surface area is 154 Å². The third-order valence-electron chi connectivity index (χ3n) is 2.96. The molecule has 0 heterocycles. The lowest BCUT2D eigenvalue weighted by Gasteiger charge is -2.11. The van der Waals surface area contributed by atoms with Crippen LogP contribution in [0, 0.1) is 12.3 Å². The molecule has 0 amide bonds. The SMILES string of the molecule is C#CCOC(=O)/C=C/c1cc(Cl)c(OCc2ccccc2)c(Br)c1. The number of rotatable bonds is 6. The number of benzene rings is 2. The Bertz CT molecular complexity index is 756. The summed E-state index contributed by atoms with van der Waals surface area (Å²) in [7, 11) is 0. The van der Waals surface area contributed by atoms with Gasteiger partial charge in [0.1, 0.15) is 6.61 Å². The largest absolute Gasteiger partial charge is 0.486 e. The minimum Gasteiger partial charge on any atom is -0.486 e. The van der Waals surface area contributed by atoms with Crippen LogP contribution in [0.2, 0.25) is 5.02 Å². The van der Waals surface area contributed by atoms with E-state index in [1.54, 1.807) is 18.2 Å². The molecular weight excluding hydrogens is 392 g/mol. The van der Waals surface area contributed by atoms with Gasteiger partial charge < -0.3 is 9.47 Å². The molecule has 0 aliphatic rings. The zero-order valence-electron chi connectivity index (χ0n) is 12.7. The summed E-state index contributed by atoms with van der Waals surface area (Å²) in [4.78, 5) is 11.4. The molecular formula is C19H14BrClO3. The van der Waals surface area contributed by atoms with Crippen molar-refractivity contribution in [2.24, 2.45) is 0 Å². The number of halogens is 2. The van der Waals surface area contributed by atoms with Crippen molar-refractivity contribution in [3.05, 3.63) is 69.2 Å². The van der Waals surface area contributed by atoms with Crippen molar-refractivity contribution in [3.63, 3.8) is 0 Å². The number of hydrogen-bond donors (Lipinski definition) is 0. The first-order valence-corrected chi connectivity index (χ1v) is 8.21. The first-order chi connectivity index (χ1) is 11.6. The van der Waals surface area contributed by atoms with Crippen LogP contribution < -0.4 is 4.74 Å². The molecule has 0 unspecified atom stereocenters. The fourth-order valence-corrected chi connectivity index (χ4v) is 2.86. The summed E-state index contributed by atoms with van der Waals surface area (Å²) in [5.41, 5.74) is 1.78. The molecule has 0 saturated carbocycles. The van der Waals surface area contributed by atoms with Crippen LogP contribution in [-0.4, -0.2) is 12.6 Å². The summed E-state index contributed by atoms with van der Waals surface area (Å²) in [6, 6.07) is 13.3. The minimum atomic E-state index is -0.510. The van der Waals surface area contributed by atoms with E-state index >= 15 is 0 Å². The zero-order chi connectivity index (χ0) is 17.4. The molecule has 0 fully saturated rings. The molecule has 0 bridgehead atoms. The number of carbonyl (C=O) groups is 1. The quantitative estimate of drug-likeness (QED) is 0.391. The maximum Gasteiger partial charge on any atom is 0.331 e. The molecule has 0 saturated heterocycles. The lowest BCUT2D eigenvalue weighted by Crippen LogP contribution is -2.00. The van der Waals surface area contributed by atoms with Crippen molar-refractivity contribution in [2.75, 3.05) is 6.61 Å². The highest BCUT2D eigenvalue weighted by atomic mass is 79.9. The van der Waals surface area contributed by atoms with Crippen molar-refractivity contribution in [1.29, 1.82) is 0 Å². The summed E-state index contributed by atoms with van der Waals surface area (Å²) in [6.07, 6.45) is 7.91. The Balaban J connectivity index is 2.06. The predicted molar refractivity (Wildman–Crippen MR) is 98.8 cm³/mol. The van der Waals surface area contributed by atoms with Crippen molar-refractivity contribution < 1.29 is 14.3 Å². The lowest BCUT2D eigenvalue weighted by molar-refractivity contribution is -0.136. The van der Waals surface area contributed by atoms with E-state index in [4.69, 9.17) is 27.5 Å². The molecule has 24 heavy (non-hydrogen) atoms. The van der Waals surface area contributed by atoms with Gasteiger partial charge in [-0.05, 0) is 45.3 Å². The van der Waals surface area contributed by atoms with Gasteiger partial charge in [-0.25, -0.2) is 4.79 Å². The van der Waals surface area contributed by atoms with Crippen LogP contribution in [0.25, 0.3) is 6.08 Å². The Morgan fingerprint density at radius 2 is 2.04 bits per heavy atom. The summed E-state index contributed by atoms with van der Waals surface area (Å²) in [5.74, 6) is 2.27. The van der Waals surface area contributed by atoms with Crippen LogP contribution in [0.5, 0.6) is 5.75 Å². The number of ether oxygens (including phenoxy) is 2. The first kappa shape index (κ1) is 18.1. The molecule has 0 radical (unpaired) electrons. The van der Waals surface area contributed by atoms with Crippen LogP contribution in [0.15, 0.2) is 53.0 Å². The van der Waals surface area contributed by atoms with Gasteiger partial charge in [0.05, 0.1) is 9.50 Å². The van der Waals surface area contributed by atoms with E-state index in [1.807, 2.05) is 30.3 Å². The fraction of sp³-hybridized carbons (Fsp3) is 0.105. The van der Waals surface area contributed by atoms with Crippen LogP contribution in [0.1, 0.15) is 11.1 Å². The van der Waals surface area contributed by atoms with E-state index in [2.05, 4.69) is 21.9 Å². The standard InChI is InChI=1S/C19H14BrClO3/c1-2-10-23-18(22)9-8-15-11-16(20)19(17(21)12-15)24-13-14-6-4-3-5-7-14/h1,3-9,11-12H,10,13H2/b9-8+. The Kier molecular flexibility index (Phi) is 6.92. The van der Waals surface area contributed by atoms with E-state index < -0.39 is 5.97 Å². The van der Waals surface area contributed by atoms with Crippen molar-refractivity contribution >= 4 is 39.6 Å². The third kappa shape index (κ3) is 5.45. The number of esters is 1. The number of carbonyl (C=O) groups excluding carboxylic acids is 1. The second-order valence-electron chi connectivity index (χ2n) is 4.73. The summed E-state index contributed by atoms with van der Waals surface area (Å²) in [6.45, 7) is 0.354. The molecule has 0 atom stereocenters. The van der Waals surface area contributed by atoms with Crippen molar-refractivity contribution in [1.82, 2.24) is 0 Å². The molecule has 3 nitrogen and oxygen atoms in total. The minimum absolute atomic E-state index is 0.0557. The summed E-state index contributed by atoms with van der Waals surface area (Å²) >= 11 is 9.70. The van der Waals surface area contributed by atoms with Gasteiger partial charge in [-0.1, -0.05) is 47.9 Å². The van der Waals surface area contributed by atoms with Gasteiger partial charge in [0.15, 0.2) is 12.4 Å². The average molecular weight is 406 g/mol. The average Bonchev–Trinajstić information content (AvgIpc) is 2.58. The van der Waals surface area contributed by atoms with Gasteiger partial charge >= 0.3 is 5.97 Å². The van der Waals surface area contributed by atoms with E-state index in [0.29, 0.717) is 21.9 Å². The predicted octanol–water partition coefficient (Wildman–Crippen LogP) is 4.87. The topological polar surface area (TPSA) is 35.5 Å². The third-order valence-corrected chi connectivity index (χ3v) is 3.83. The molecule has 2 rings (SSSR count). The van der Waals surface area contributed by atoms with Crippen molar-refractivity contribution in [2.45, 2.75) is 6.61 Å². The van der Waals surface area contributed by atoms with Gasteiger partial charge in [0.2, 0.25) is 0 Å². The molecule has 2 aromatic carbocycles. The monoisotopic (exact) mass is 404 g/mol.